The molecule has 1 aliphatic heterocycles. The number of alkyl carbamates (subject to hydrolysis) is 1. The largest absolute Gasteiger partial charge is 0.481 e. The summed E-state index contributed by atoms with van der Waals surface area (Å²) < 4.78 is 10.3. The summed E-state index contributed by atoms with van der Waals surface area (Å²) in [6, 6.07) is 9.32. The Labute approximate surface area is 152 Å². The van der Waals surface area contributed by atoms with Gasteiger partial charge in [-0.05, 0) is 37.3 Å². The van der Waals surface area contributed by atoms with Gasteiger partial charge < -0.3 is 19.7 Å². The highest BCUT2D eigenvalue weighted by atomic mass is 16.5. The molecule has 0 radical (unpaired) electrons. The molecule has 0 bridgehead atoms. The maximum Gasteiger partial charge on any atom is 0.407 e. The molecule has 2 heterocycles. The molecule has 0 aliphatic carbocycles. The topological polar surface area (TPSA) is 80.8 Å². The smallest absolute Gasteiger partial charge is 0.407 e. The molecular weight excluding hydrogens is 334 g/mol. The minimum Gasteiger partial charge on any atom is -0.481 e. The number of methoxy groups -OCH3 is 1. The van der Waals surface area contributed by atoms with Crippen molar-refractivity contribution in [3.8, 4) is 5.88 Å². The van der Waals surface area contributed by atoms with E-state index in [1.54, 1.807) is 25.0 Å². The number of ether oxygens (including phenoxy) is 2. The van der Waals surface area contributed by atoms with Gasteiger partial charge >= 0.3 is 6.09 Å². The summed E-state index contributed by atoms with van der Waals surface area (Å²) in [7, 11) is 1.54. The van der Waals surface area contributed by atoms with Gasteiger partial charge in [-0.1, -0.05) is 18.2 Å². The van der Waals surface area contributed by atoms with E-state index in [4.69, 9.17) is 9.47 Å². The lowest BCUT2D eigenvalue weighted by Crippen LogP contribution is -2.49. The number of fused-ring (bicyclic) bond motifs is 1. The quantitative estimate of drug-likeness (QED) is 0.910. The first kappa shape index (κ1) is 18.0. The number of nitrogens with one attached hydrogen (secondary N) is 1. The van der Waals surface area contributed by atoms with Crippen LogP contribution in [-0.4, -0.2) is 54.7 Å². The minimum atomic E-state index is -0.447. The summed E-state index contributed by atoms with van der Waals surface area (Å²) in [5.41, 5.74) is 0.345. The molecule has 2 aromatic rings. The lowest BCUT2D eigenvalue weighted by molar-refractivity contribution is 0.0679. The summed E-state index contributed by atoms with van der Waals surface area (Å²) in [6.45, 7) is 3.15. The molecule has 1 saturated heterocycles. The summed E-state index contributed by atoms with van der Waals surface area (Å²) in [4.78, 5) is 30.7. The zero-order valence-electron chi connectivity index (χ0n) is 15.0. The average Bonchev–Trinajstić information content (AvgIpc) is 2.66. The fourth-order valence-electron chi connectivity index (χ4n) is 3.21. The Kier molecular flexibility index (Phi) is 5.55. The van der Waals surface area contributed by atoms with Crippen LogP contribution >= 0.6 is 0 Å². The molecule has 7 heteroatoms. The van der Waals surface area contributed by atoms with E-state index in [9.17, 15) is 9.59 Å². The standard InChI is InChI=1S/C19H23N3O4/c1-3-26-19(24)20-14-8-6-10-22(12-14)18(23)16-11-13-7-4-5-9-15(13)17(21-16)25-2/h4-5,7,9,11,14H,3,6,8,10,12H2,1-2H3,(H,20,24). The maximum atomic E-state index is 12.9. The van der Waals surface area contributed by atoms with Crippen molar-refractivity contribution in [2.75, 3.05) is 26.8 Å². The van der Waals surface area contributed by atoms with E-state index in [0.29, 0.717) is 31.3 Å². The summed E-state index contributed by atoms with van der Waals surface area (Å²) in [5.74, 6) is 0.272. The first-order chi connectivity index (χ1) is 12.6. The van der Waals surface area contributed by atoms with Gasteiger partial charge in [0.1, 0.15) is 5.69 Å². The molecule has 0 saturated carbocycles. The molecule has 1 atom stereocenters. The number of carbonyl (C=O) groups excluding carboxylic acids is 2. The monoisotopic (exact) mass is 357 g/mol. The van der Waals surface area contributed by atoms with Gasteiger partial charge in [0, 0.05) is 24.5 Å². The lowest BCUT2D eigenvalue weighted by Gasteiger charge is -2.32. The van der Waals surface area contributed by atoms with Crippen molar-refractivity contribution in [1.29, 1.82) is 0 Å². The molecule has 0 spiro atoms. The lowest BCUT2D eigenvalue weighted by atomic mass is 10.0. The molecule has 7 nitrogen and oxygen atoms in total. The van der Waals surface area contributed by atoms with Crippen molar-refractivity contribution in [1.82, 2.24) is 15.2 Å². The second-order valence-electron chi connectivity index (χ2n) is 6.19. The van der Waals surface area contributed by atoms with Gasteiger partial charge in [0.05, 0.1) is 13.7 Å². The van der Waals surface area contributed by atoms with Gasteiger partial charge in [-0.2, -0.15) is 0 Å². The van der Waals surface area contributed by atoms with E-state index >= 15 is 0 Å². The van der Waals surface area contributed by atoms with E-state index in [0.717, 1.165) is 23.6 Å². The van der Waals surface area contributed by atoms with Crippen LogP contribution < -0.4 is 10.1 Å². The van der Waals surface area contributed by atoms with Crippen LogP contribution in [0.5, 0.6) is 5.88 Å². The third-order valence-electron chi connectivity index (χ3n) is 4.42. The molecule has 1 fully saturated rings. The molecule has 1 aromatic heterocycles. The number of likely N-dealkylation sites (tertiary alicyclic amines) is 1. The minimum absolute atomic E-state index is 0.117. The number of piperidine rings is 1. The van der Waals surface area contributed by atoms with Crippen molar-refractivity contribution in [2.45, 2.75) is 25.8 Å². The van der Waals surface area contributed by atoms with Crippen LogP contribution in [0.3, 0.4) is 0 Å². The van der Waals surface area contributed by atoms with Gasteiger partial charge in [0.2, 0.25) is 5.88 Å². The highest BCUT2D eigenvalue weighted by Crippen LogP contribution is 2.25. The van der Waals surface area contributed by atoms with Gasteiger partial charge in [0.25, 0.3) is 5.91 Å². The van der Waals surface area contributed by atoms with Crippen LogP contribution in [0, 0.1) is 0 Å². The number of aromatic nitrogens is 1. The summed E-state index contributed by atoms with van der Waals surface area (Å²) in [5, 5.41) is 4.58. The van der Waals surface area contributed by atoms with Gasteiger partial charge in [-0.15, -0.1) is 0 Å². The summed E-state index contributed by atoms with van der Waals surface area (Å²) in [6.07, 6.45) is 1.18. The zero-order valence-corrected chi connectivity index (χ0v) is 15.0. The van der Waals surface area contributed by atoms with Crippen LogP contribution in [0.4, 0.5) is 4.79 Å². The van der Waals surface area contributed by atoms with Crippen LogP contribution in [0.2, 0.25) is 0 Å². The molecule has 3 rings (SSSR count). The third kappa shape index (κ3) is 3.87. The number of rotatable bonds is 4. The predicted octanol–water partition coefficient (Wildman–Crippen LogP) is 2.59. The van der Waals surface area contributed by atoms with Crippen LogP contribution in [0.15, 0.2) is 30.3 Å². The Hall–Kier alpha value is -2.83. The number of hydrogen-bond acceptors (Lipinski definition) is 5. The number of amides is 2. The van der Waals surface area contributed by atoms with Crippen LogP contribution in [0.1, 0.15) is 30.3 Å². The van der Waals surface area contributed by atoms with Gasteiger partial charge in [-0.25, -0.2) is 9.78 Å². The van der Waals surface area contributed by atoms with Crippen LogP contribution in [-0.2, 0) is 4.74 Å². The number of hydrogen-bond donors (Lipinski definition) is 1. The number of pyridine rings is 1. The molecule has 1 aliphatic rings. The first-order valence-electron chi connectivity index (χ1n) is 8.78. The SMILES string of the molecule is CCOC(=O)NC1CCCN(C(=O)c2cc3ccccc3c(OC)n2)C1. The van der Waals surface area contributed by atoms with E-state index in [1.807, 2.05) is 24.3 Å². The molecule has 1 aromatic carbocycles. The van der Waals surface area contributed by atoms with Crippen molar-refractivity contribution >= 4 is 22.8 Å². The Morgan fingerprint density at radius 1 is 1.35 bits per heavy atom. The van der Waals surface area contributed by atoms with Gasteiger partial charge in [0.15, 0.2) is 0 Å². The molecular formula is C19H23N3O4. The third-order valence-corrected chi connectivity index (χ3v) is 4.42. The van der Waals surface area contributed by atoms with Crippen molar-refractivity contribution < 1.29 is 19.1 Å². The van der Waals surface area contributed by atoms with E-state index < -0.39 is 6.09 Å². The fourth-order valence-corrected chi connectivity index (χ4v) is 3.21. The number of carbonyl (C=O) groups is 2. The Morgan fingerprint density at radius 3 is 2.92 bits per heavy atom. The highest BCUT2D eigenvalue weighted by molar-refractivity contribution is 5.98. The predicted molar refractivity (Wildman–Crippen MR) is 97.4 cm³/mol. The summed E-state index contributed by atoms with van der Waals surface area (Å²) >= 11 is 0. The van der Waals surface area contributed by atoms with Gasteiger partial charge in [-0.3, -0.25) is 4.79 Å². The van der Waals surface area contributed by atoms with Crippen molar-refractivity contribution in [3.63, 3.8) is 0 Å². The second-order valence-corrected chi connectivity index (χ2v) is 6.19. The molecule has 1 N–H and O–H groups in total. The Balaban J connectivity index is 1.78. The van der Waals surface area contributed by atoms with Crippen molar-refractivity contribution in [2.24, 2.45) is 0 Å². The Bertz CT molecular complexity index is 808. The highest BCUT2D eigenvalue weighted by Gasteiger charge is 2.27. The first-order valence-corrected chi connectivity index (χ1v) is 8.78. The fraction of sp³-hybridized carbons (Fsp3) is 0.421. The van der Waals surface area contributed by atoms with E-state index in [2.05, 4.69) is 10.3 Å². The molecule has 138 valence electrons. The molecule has 1 unspecified atom stereocenters. The van der Waals surface area contributed by atoms with Crippen LogP contribution in [0.25, 0.3) is 10.8 Å². The average molecular weight is 357 g/mol. The van der Waals surface area contributed by atoms with E-state index in [1.165, 1.54) is 0 Å². The number of benzene rings is 1. The normalized spacial score (nSPS) is 17.0. The molecule has 26 heavy (non-hydrogen) atoms. The number of nitrogens with zero attached hydrogens (tertiary/aromatic N) is 2. The van der Waals surface area contributed by atoms with E-state index in [-0.39, 0.29) is 11.9 Å². The van der Waals surface area contributed by atoms with Crippen molar-refractivity contribution in [3.05, 3.63) is 36.0 Å². The zero-order chi connectivity index (χ0) is 18.5. The molecule has 2 amide bonds. The maximum absolute atomic E-state index is 12.9. The second kappa shape index (κ2) is 8.03. The Morgan fingerprint density at radius 2 is 2.15 bits per heavy atom.